The number of nitrogens with one attached hydrogen (secondary N) is 1. The number of carbonyl (C=O) groups is 1. The fourth-order valence-electron chi connectivity index (χ4n) is 2.73. The standard InChI is InChI=1S/C18H25N3O2/c1-5-16(14-7-6-10-19-13-14)21-11-8-15(9-12-21)20-17(22)23-18(2,3)4/h1,6-7,10,13,15-16H,8-9,11-12H2,2-4H3,(H,20,22). The molecule has 5 nitrogen and oxygen atoms in total. The van der Waals surface area contributed by atoms with E-state index in [-0.39, 0.29) is 18.2 Å². The van der Waals surface area contributed by atoms with Gasteiger partial charge in [0.15, 0.2) is 0 Å². The molecule has 0 spiro atoms. The van der Waals surface area contributed by atoms with Crippen molar-refractivity contribution >= 4 is 6.09 Å². The van der Waals surface area contributed by atoms with Gasteiger partial charge in [-0.3, -0.25) is 9.88 Å². The summed E-state index contributed by atoms with van der Waals surface area (Å²) < 4.78 is 5.30. The van der Waals surface area contributed by atoms with E-state index in [1.807, 2.05) is 39.1 Å². The average Bonchev–Trinajstić information content (AvgIpc) is 2.49. The molecule has 1 aromatic rings. The molecule has 1 N–H and O–H groups in total. The first-order valence-electron chi connectivity index (χ1n) is 7.98. The van der Waals surface area contributed by atoms with Gasteiger partial charge in [-0.15, -0.1) is 6.42 Å². The summed E-state index contributed by atoms with van der Waals surface area (Å²) in [5.41, 5.74) is 0.563. The zero-order valence-corrected chi connectivity index (χ0v) is 14.1. The third-order valence-electron chi connectivity index (χ3n) is 3.77. The predicted molar refractivity (Wildman–Crippen MR) is 89.8 cm³/mol. The Labute approximate surface area is 138 Å². The van der Waals surface area contributed by atoms with Crippen LogP contribution in [0.3, 0.4) is 0 Å². The first-order valence-corrected chi connectivity index (χ1v) is 7.98. The molecule has 124 valence electrons. The second-order valence-electron chi connectivity index (χ2n) is 6.81. The zero-order chi connectivity index (χ0) is 16.9. The van der Waals surface area contributed by atoms with Gasteiger partial charge < -0.3 is 10.1 Å². The van der Waals surface area contributed by atoms with Crippen LogP contribution in [0.5, 0.6) is 0 Å². The number of pyridine rings is 1. The van der Waals surface area contributed by atoms with E-state index in [1.165, 1.54) is 0 Å². The molecule has 1 saturated heterocycles. The Balaban J connectivity index is 1.86. The largest absolute Gasteiger partial charge is 0.444 e. The molecule has 0 radical (unpaired) electrons. The van der Waals surface area contributed by atoms with E-state index in [2.05, 4.69) is 21.1 Å². The Morgan fingerprint density at radius 2 is 2.17 bits per heavy atom. The zero-order valence-electron chi connectivity index (χ0n) is 14.1. The van der Waals surface area contributed by atoms with Crippen molar-refractivity contribution < 1.29 is 9.53 Å². The molecule has 1 atom stereocenters. The quantitative estimate of drug-likeness (QED) is 0.872. The summed E-state index contributed by atoms with van der Waals surface area (Å²) in [4.78, 5) is 18.2. The van der Waals surface area contributed by atoms with Crippen LogP contribution in [0.25, 0.3) is 0 Å². The monoisotopic (exact) mass is 315 g/mol. The van der Waals surface area contributed by atoms with E-state index in [1.54, 1.807) is 6.20 Å². The molecule has 0 bridgehead atoms. The van der Waals surface area contributed by atoms with Crippen LogP contribution in [-0.2, 0) is 4.74 Å². The topological polar surface area (TPSA) is 54.5 Å². The highest BCUT2D eigenvalue weighted by Gasteiger charge is 2.27. The number of ether oxygens (including phenoxy) is 1. The first kappa shape index (κ1) is 17.3. The van der Waals surface area contributed by atoms with Crippen molar-refractivity contribution in [2.75, 3.05) is 13.1 Å². The molecular formula is C18H25N3O2. The third-order valence-corrected chi connectivity index (χ3v) is 3.77. The Hall–Kier alpha value is -2.06. The number of alkyl carbamates (subject to hydrolysis) is 1. The maximum atomic E-state index is 11.8. The molecule has 1 aromatic heterocycles. The lowest BCUT2D eigenvalue weighted by Gasteiger charge is -2.35. The van der Waals surface area contributed by atoms with Crippen LogP contribution >= 0.6 is 0 Å². The van der Waals surface area contributed by atoms with Crippen LogP contribution < -0.4 is 5.32 Å². The van der Waals surface area contributed by atoms with Crippen LogP contribution in [0.4, 0.5) is 4.79 Å². The maximum absolute atomic E-state index is 11.8. The van der Waals surface area contributed by atoms with E-state index < -0.39 is 5.60 Å². The number of hydrogen-bond donors (Lipinski definition) is 1. The molecule has 5 heteroatoms. The van der Waals surface area contributed by atoms with Crippen molar-refractivity contribution in [1.29, 1.82) is 0 Å². The predicted octanol–water partition coefficient (Wildman–Crippen LogP) is 2.75. The number of aromatic nitrogens is 1. The lowest BCUT2D eigenvalue weighted by Crippen LogP contribution is -2.46. The SMILES string of the molecule is C#CC(c1cccnc1)N1CCC(NC(=O)OC(C)(C)C)CC1. The van der Waals surface area contributed by atoms with Crippen molar-refractivity contribution in [3.63, 3.8) is 0 Å². The first-order chi connectivity index (χ1) is 10.9. The molecule has 1 unspecified atom stereocenters. The smallest absolute Gasteiger partial charge is 0.407 e. The highest BCUT2D eigenvalue weighted by Crippen LogP contribution is 2.23. The van der Waals surface area contributed by atoms with Crippen molar-refractivity contribution in [3.8, 4) is 12.3 Å². The number of nitrogens with zero attached hydrogens (tertiary/aromatic N) is 2. The molecule has 1 fully saturated rings. The highest BCUT2D eigenvalue weighted by molar-refractivity contribution is 5.68. The van der Waals surface area contributed by atoms with Crippen LogP contribution in [0.2, 0.25) is 0 Å². The van der Waals surface area contributed by atoms with Gasteiger partial charge in [0.25, 0.3) is 0 Å². The fourth-order valence-corrected chi connectivity index (χ4v) is 2.73. The van der Waals surface area contributed by atoms with Gasteiger partial charge in [0.1, 0.15) is 5.60 Å². The number of likely N-dealkylation sites (tertiary alicyclic amines) is 1. The molecule has 0 aromatic carbocycles. The number of carbonyl (C=O) groups excluding carboxylic acids is 1. The molecule has 1 aliphatic heterocycles. The fraction of sp³-hybridized carbons (Fsp3) is 0.556. The second kappa shape index (κ2) is 7.47. The molecular weight excluding hydrogens is 290 g/mol. The second-order valence-corrected chi connectivity index (χ2v) is 6.81. The van der Waals surface area contributed by atoms with Crippen molar-refractivity contribution in [3.05, 3.63) is 30.1 Å². The van der Waals surface area contributed by atoms with Gasteiger partial charge in [0.2, 0.25) is 0 Å². The molecule has 1 amide bonds. The van der Waals surface area contributed by atoms with Crippen molar-refractivity contribution in [2.24, 2.45) is 0 Å². The minimum Gasteiger partial charge on any atom is -0.444 e. The Kier molecular flexibility index (Phi) is 5.62. The minimum atomic E-state index is -0.473. The van der Waals surface area contributed by atoms with E-state index >= 15 is 0 Å². The van der Waals surface area contributed by atoms with Gasteiger partial charge >= 0.3 is 6.09 Å². The molecule has 2 rings (SSSR count). The lowest BCUT2D eigenvalue weighted by molar-refractivity contribution is 0.0474. The molecule has 23 heavy (non-hydrogen) atoms. The van der Waals surface area contributed by atoms with Crippen LogP contribution in [0, 0.1) is 12.3 Å². The Bertz CT molecular complexity index is 552. The van der Waals surface area contributed by atoms with Gasteiger partial charge in [0, 0.05) is 31.5 Å². The summed E-state index contributed by atoms with van der Waals surface area (Å²) in [6, 6.07) is 3.97. The van der Waals surface area contributed by atoms with Gasteiger partial charge in [-0.05, 0) is 45.2 Å². The molecule has 2 heterocycles. The summed E-state index contributed by atoms with van der Waals surface area (Å²) in [5.74, 6) is 2.85. The van der Waals surface area contributed by atoms with Crippen LogP contribution in [-0.4, -0.2) is 40.7 Å². The molecule has 1 aliphatic rings. The summed E-state index contributed by atoms with van der Waals surface area (Å²) in [7, 11) is 0. The van der Waals surface area contributed by atoms with Gasteiger partial charge in [0.05, 0.1) is 6.04 Å². The Morgan fingerprint density at radius 3 is 2.70 bits per heavy atom. The van der Waals surface area contributed by atoms with E-state index in [9.17, 15) is 4.79 Å². The minimum absolute atomic E-state index is 0.0637. The lowest BCUT2D eigenvalue weighted by atomic mass is 10.0. The number of hydrogen-bond acceptors (Lipinski definition) is 4. The molecule has 0 aliphatic carbocycles. The average molecular weight is 315 g/mol. The number of terminal acetylenes is 1. The highest BCUT2D eigenvalue weighted by atomic mass is 16.6. The normalized spacial score (nSPS) is 18.0. The summed E-state index contributed by atoms with van der Waals surface area (Å²) in [6.45, 7) is 7.26. The Morgan fingerprint density at radius 1 is 1.48 bits per heavy atom. The van der Waals surface area contributed by atoms with Gasteiger partial charge in [-0.2, -0.15) is 0 Å². The third kappa shape index (κ3) is 5.26. The number of piperidine rings is 1. The molecule has 0 saturated carbocycles. The van der Waals surface area contributed by atoms with Gasteiger partial charge in [-0.1, -0.05) is 12.0 Å². The summed E-state index contributed by atoms with van der Waals surface area (Å²) in [5, 5.41) is 2.94. The van der Waals surface area contributed by atoms with Crippen molar-refractivity contribution in [1.82, 2.24) is 15.2 Å². The van der Waals surface area contributed by atoms with Crippen LogP contribution in [0.1, 0.15) is 45.2 Å². The van der Waals surface area contributed by atoms with E-state index in [4.69, 9.17) is 11.2 Å². The maximum Gasteiger partial charge on any atom is 0.407 e. The summed E-state index contributed by atoms with van der Waals surface area (Å²) >= 11 is 0. The van der Waals surface area contributed by atoms with Crippen molar-refractivity contribution in [2.45, 2.75) is 51.3 Å². The van der Waals surface area contributed by atoms with E-state index in [0.29, 0.717) is 0 Å². The number of rotatable bonds is 3. The van der Waals surface area contributed by atoms with Crippen LogP contribution in [0.15, 0.2) is 24.5 Å². The summed E-state index contributed by atoms with van der Waals surface area (Å²) in [6.07, 6.45) is 10.6. The van der Waals surface area contributed by atoms with Gasteiger partial charge in [-0.25, -0.2) is 4.79 Å². The number of amides is 1. The van der Waals surface area contributed by atoms with E-state index in [0.717, 1.165) is 31.5 Å².